The van der Waals surface area contributed by atoms with E-state index >= 15 is 0 Å². The van der Waals surface area contributed by atoms with Crippen LogP contribution in [-0.4, -0.2) is 16.5 Å². The van der Waals surface area contributed by atoms with E-state index in [1.165, 1.54) is 4.90 Å². The van der Waals surface area contributed by atoms with E-state index < -0.39 is 11.0 Å². The summed E-state index contributed by atoms with van der Waals surface area (Å²) in [5.41, 5.74) is -1.61. The first kappa shape index (κ1) is 17.6. The van der Waals surface area contributed by atoms with Crippen molar-refractivity contribution < 1.29 is 5.11 Å². The lowest BCUT2D eigenvalue weighted by atomic mass is 9.51. The minimum absolute atomic E-state index is 0.320. The van der Waals surface area contributed by atoms with Gasteiger partial charge in [-0.2, -0.15) is 5.26 Å². The summed E-state index contributed by atoms with van der Waals surface area (Å²) < 4.78 is 0. The second-order valence-electron chi connectivity index (χ2n) is 8.02. The van der Waals surface area contributed by atoms with E-state index in [0.717, 1.165) is 12.2 Å². The molecule has 0 spiro atoms. The standard InChI is InChI=1S/C21H27NOS/c1-15(2)19(13-24-17-7-5-4-6-8-17)18-12-20(3)10-9-16(18)11-21(20,23)14-22/h4-10,15-16,18-19,23H,11-13H2,1-3H3. The average molecular weight is 342 g/mol. The predicted octanol–water partition coefficient (Wildman–Crippen LogP) is 4.91. The van der Waals surface area contributed by atoms with Crippen LogP contribution >= 0.6 is 11.8 Å². The lowest BCUT2D eigenvalue weighted by Gasteiger charge is -2.54. The third-order valence-corrected chi connectivity index (χ3v) is 7.33. The molecular weight excluding hydrogens is 314 g/mol. The van der Waals surface area contributed by atoms with Crippen LogP contribution in [0, 0.1) is 40.4 Å². The third kappa shape index (κ3) is 3.03. The van der Waals surface area contributed by atoms with Crippen molar-refractivity contribution in [3.8, 4) is 6.07 Å². The van der Waals surface area contributed by atoms with Crippen LogP contribution in [0.4, 0.5) is 0 Å². The van der Waals surface area contributed by atoms with Crippen LogP contribution in [0.2, 0.25) is 0 Å². The fourth-order valence-electron chi connectivity index (χ4n) is 4.45. The number of nitriles is 1. The Morgan fingerprint density at radius 3 is 2.58 bits per heavy atom. The Balaban J connectivity index is 1.77. The molecule has 0 heterocycles. The molecule has 3 aliphatic rings. The largest absolute Gasteiger partial charge is 0.374 e. The minimum Gasteiger partial charge on any atom is -0.374 e. The molecule has 3 aliphatic carbocycles. The summed E-state index contributed by atoms with van der Waals surface area (Å²) in [6, 6.07) is 12.8. The monoisotopic (exact) mass is 341 g/mol. The van der Waals surface area contributed by atoms with Gasteiger partial charge < -0.3 is 5.11 Å². The Labute approximate surface area is 150 Å². The lowest BCUT2D eigenvalue weighted by Crippen LogP contribution is -2.56. The quantitative estimate of drug-likeness (QED) is 0.470. The number of fused-ring (bicyclic) bond motifs is 2. The highest BCUT2D eigenvalue weighted by molar-refractivity contribution is 7.99. The first-order chi connectivity index (χ1) is 11.4. The fraction of sp³-hybridized carbons (Fsp3) is 0.571. The van der Waals surface area contributed by atoms with Crippen molar-refractivity contribution in [2.75, 3.05) is 5.75 Å². The number of thioether (sulfide) groups is 1. The lowest BCUT2D eigenvalue weighted by molar-refractivity contribution is -0.0877. The predicted molar refractivity (Wildman–Crippen MR) is 99.5 cm³/mol. The van der Waals surface area contributed by atoms with Crippen molar-refractivity contribution in [1.82, 2.24) is 0 Å². The smallest absolute Gasteiger partial charge is 0.160 e. The Kier molecular flexibility index (Phi) is 4.82. The Morgan fingerprint density at radius 1 is 1.29 bits per heavy atom. The molecule has 1 aromatic rings. The van der Waals surface area contributed by atoms with Crippen molar-refractivity contribution in [1.29, 1.82) is 5.26 Å². The second-order valence-corrected chi connectivity index (χ2v) is 9.11. The Hall–Kier alpha value is -1.24. The second kappa shape index (κ2) is 6.58. The van der Waals surface area contributed by atoms with Crippen molar-refractivity contribution in [3.05, 3.63) is 42.5 Å². The van der Waals surface area contributed by atoms with Crippen LogP contribution in [0.5, 0.6) is 0 Å². The number of nitrogens with zero attached hydrogens (tertiary/aromatic N) is 1. The molecule has 24 heavy (non-hydrogen) atoms. The van der Waals surface area contributed by atoms with Crippen molar-refractivity contribution in [2.45, 2.75) is 44.1 Å². The molecule has 0 amide bonds. The van der Waals surface area contributed by atoms with Crippen LogP contribution < -0.4 is 0 Å². The summed E-state index contributed by atoms with van der Waals surface area (Å²) in [4.78, 5) is 1.32. The molecule has 3 heteroatoms. The van der Waals surface area contributed by atoms with Crippen molar-refractivity contribution in [3.63, 3.8) is 0 Å². The summed E-state index contributed by atoms with van der Waals surface area (Å²) >= 11 is 1.93. The molecule has 0 aliphatic heterocycles. The molecule has 0 aromatic heterocycles. The van der Waals surface area contributed by atoms with Gasteiger partial charge >= 0.3 is 0 Å². The molecule has 0 radical (unpaired) electrons. The first-order valence-electron chi connectivity index (χ1n) is 8.89. The van der Waals surface area contributed by atoms with Gasteiger partial charge in [-0.15, -0.1) is 11.8 Å². The van der Waals surface area contributed by atoms with Gasteiger partial charge in [0.2, 0.25) is 0 Å². The number of benzene rings is 1. The van der Waals surface area contributed by atoms with E-state index in [0.29, 0.717) is 30.1 Å². The van der Waals surface area contributed by atoms with Crippen molar-refractivity contribution >= 4 is 11.8 Å². The Morgan fingerprint density at radius 2 is 2.00 bits per heavy atom. The maximum Gasteiger partial charge on any atom is 0.160 e. The summed E-state index contributed by atoms with van der Waals surface area (Å²) in [6.07, 6.45) is 5.86. The molecule has 2 nitrogen and oxygen atoms in total. The zero-order chi connectivity index (χ0) is 17.4. The average Bonchev–Trinajstić information content (AvgIpc) is 2.57. The van der Waals surface area contributed by atoms with Gasteiger partial charge in [0.1, 0.15) is 0 Å². The molecule has 2 bridgehead atoms. The topological polar surface area (TPSA) is 44.0 Å². The van der Waals surface area contributed by atoms with E-state index in [-0.39, 0.29) is 0 Å². The maximum atomic E-state index is 10.8. The van der Waals surface area contributed by atoms with Gasteiger partial charge in [0.25, 0.3) is 0 Å². The number of hydrogen-bond acceptors (Lipinski definition) is 3. The third-order valence-electron chi connectivity index (χ3n) is 6.17. The molecule has 1 fully saturated rings. The molecule has 1 aromatic carbocycles. The van der Waals surface area contributed by atoms with Gasteiger partial charge in [-0.3, -0.25) is 0 Å². The molecule has 0 saturated heterocycles. The first-order valence-corrected chi connectivity index (χ1v) is 9.88. The summed E-state index contributed by atoms with van der Waals surface area (Å²) in [7, 11) is 0. The highest BCUT2D eigenvalue weighted by Crippen LogP contribution is 2.57. The minimum atomic E-state index is -1.20. The van der Waals surface area contributed by atoms with Gasteiger partial charge in [0, 0.05) is 16.1 Å². The molecule has 128 valence electrons. The maximum absolute atomic E-state index is 10.8. The normalized spacial score (nSPS) is 35.8. The number of hydrogen-bond donors (Lipinski definition) is 1. The van der Waals surface area contributed by atoms with E-state index in [1.54, 1.807) is 0 Å². The SMILES string of the molecule is CC(C)C(CSc1ccccc1)C1CC2(C)C=CC1CC2(O)C#N. The molecule has 1 N–H and O–H groups in total. The van der Waals surface area contributed by atoms with Gasteiger partial charge in [-0.05, 0) is 48.6 Å². The van der Waals surface area contributed by atoms with Crippen LogP contribution in [0.3, 0.4) is 0 Å². The number of aliphatic hydroxyl groups is 1. The summed E-state index contributed by atoms with van der Waals surface area (Å²) in [5.74, 6) is 3.15. The van der Waals surface area contributed by atoms with Gasteiger partial charge in [0.15, 0.2) is 5.60 Å². The molecule has 5 unspecified atom stereocenters. The highest BCUT2D eigenvalue weighted by Gasteiger charge is 2.57. The fourth-order valence-corrected chi connectivity index (χ4v) is 5.82. The zero-order valence-corrected chi connectivity index (χ0v) is 15.6. The zero-order valence-electron chi connectivity index (χ0n) is 14.8. The van der Waals surface area contributed by atoms with Crippen LogP contribution in [0.25, 0.3) is 0 Å². The van der Waals surface area contributed by atoms with E-state index in [4.69, 9.17) is 0 Å². The molecule has 5 atom stereocenters. The van der Waals surface area contributed by atoms with Gasteiger partial charge in [-0.1, -0.05) is 51.1 Å². The highest BCUT2D eigenvalue weighted by atomic mass is 32.2. The summed E-state index contributed by atoms with van der Waals surface area (Å²) in [6.45, 7) is 6.67. The molecule has 1 saturated carbocycles. The van der Waals surface area contributed by atoms with Crippen LogP contribution in [0.15, 0.2) is 47.4 Å². The Bertz CT molecular complexity index is 650. The van der Waals surface area contributed by atoms with E-state index in [2.05, 4.69) is 69.3 Å². The van der Waals surface area contributed by atoms with Crippen LogP contribution in [0.1, 0.15) is 33.6 Å². The number of allylic oxidation sites excluding steroid dienone is 1. The van der Waals surface area contributed by atoms with Crippen LogP contribution in [-0.2, 0) is 0 Å². The van der Waals surface area contributed by atoms with Gasteiger partial charge in [-0.25, -0.2) is 0 Å². The van der Waals surface area contributed by atoms with Crippen molar-refractivity contribution in [2.24, 2.45) is 29.1 Å². The summed E-state index contributed by atoms with van der Waals surface area (Å²) in [5, 5.41) is 20.2. The molecular formula is C21H27NOS. The van der Waals surface area contributed by atoms with E-state index in [1.807, 2.05) is 11.8 Å². The van der Waals surface area contributed by atoms with E-state index in [9.17, 15) is 10.4 Å². The van der Waals surface area contributed by atoms with Gasteiger partial charge in [0.05, 0.1) is 6.07 Å². The number of rotatable bonds is 5. The molecule has 4 rings (SSSR count).